The van der Waals surface area contributed by atoms with Crippen LogP contribution in [-0.2, 0) is 17.6 Å². The maximum absolute atomic E-state index is 12.9. The Bertz CT molecular complexity index is 876. The molecule has 7 heteroatoms. The van der Waals surface area contributed by atoms with E-state index in [1.807, 2.05) is 6.07 Å². The number of Topliss-reactive ketones (excluding diaryl/α,β-unsaturated/α-hetero) is 1. The van der Waals surface area contributed by atoms with Gasteiger partial charge in [0.25, 0.3) is 5.91 Å². The number of benzene rings is 1. The molecule has 0 saturated carbocycles. The van der Waals surface area contributed by atoms with Crippen LogP contribution in [0.3, 0.4) is 0 Å². The van der Waals surface area contributed by atoms with Gasteiger partial charge in [-0.1, -0.05) is 13.3 Å². The zero-order valence-corrected chi connectivity index (χ0v) is 16.5. The van der Waals surface area contributed by atoms with Crippen LogP contribution in [0.1, 0.15) is 63.1 Å². The molecule has 0 fully saturated rings. The molecule has 3 rings (SSSR count). The lowest BCUT2D eigenvalue weighted by molar-refractivity contribution is -0.121. The van der Waals surface area contributed by atoms with Gasteiger partial charge in [0.15, 0.2) is 5.78 Å². The fraction of sp³-hybridized carbons (Fsp3) is 0.381. The molecule has 1 aliphatic rings. The van der Waals surface area contributed by atoms with Crippen LogP contribution in [-0.4, -0.2) is 17.6 Å². The van der Waals surface area contributed by atoms with Crippen molar-refractivity contribution in [2.45, 2.75) is 45.4 Å². The van der Waals surface area contributed by atoms with E-state index in [1.54, 1.807) is 0 Å². The summed E-state index contributed by atoms with van der Waals surface area (Å²) in [4.78, 5) is 38.0. The third-order valence-corrected chi connectivity index (χ3v) is 6.28. The molecule has 1 heterocycles. The van der Waals surface area contributed by atoms with Crippen molar-refractivity contribution in [2.24, 2.45) is 5.92 Å². The monoisotopic (exact) mass is 402 g/mol. The van der Waals surface area contributed by atoms with E-state index < -0.39 is 11.7 Å². The molecular formula is C21H23FN2O3S. The molecule has 2 aromatic rings. The molecule has 148 valence electrons. The number of thiophene rings is 1. The van der Waals surface area contributed by atoms with E-state index >= 15 is 0 Å². The smallest absolute Gasteiger partial charge is 0.279 e. The molecule has 0 unspecified atom stereocenters. The summed E-state index contributed by atoms with van der Waals surface area (Å²) < 4.78 is 12.9. The molecule has 0 radical (unpaired) electrons. The van der Waals surface area contributed by atoms with Gasteiger partial charge in [0, 0.05) is 23.3 Å². The molecule has 2 N–H and O–H groups in total. The summed E-state index contributed by atoms with van der Waals surface area (Å²) in [6.07, 6.45) is 4.24. The summed E-state index contributed by atoms with van der Waals surface area (Å²) >= 11 is 1.48. The van der Waals surface area contributed by atoms with Crippen molar-refractivity contribution >= 4 is 28.9 Å². The van der Waals surface area contributed by atoms with E-state index in [2.05, 4.69) is 17.8 Å². The number of carbonyl (C=O) groups excluding carboxylic acids is 3. The van der Waals surface area contributed by atoms with E-state index in [1.165, 1.54) is 46.0 Å². The van der Waals surface area contributed by atoms with Crippen LogP contribution < -0.4 is 10.9 Å². The van der Waals surface area contributed by atoms with Gasteiger partial charge in [-0.15, -0.1) is 11.3 Å². The Kier molecular flexibility index (Phi) is 6.57. The van der Waals surface area contributed by atoms with Crippen LogP contribution >= 0.6 is 11.3 Å². The molecule has 0 aliphatic heterocycles. The van der Waals surface area contributed by atoms with Gasteiger partial charge in [0.2, 0.25) is 5.91 Å². The first-order chi connectivity index (χ1) is 13.5. The Balaban J connectivity index is 1.45. The van der Waals surface area contributed by atoms with Crippen LogP contribution in [0.5, 0.6) is 0 Å². The third kappa shape index (κ3) is 5.04. The molecule has 1 aliphatic carbocycles. The van der Waals surface area contributed by atoms with E-state index in [-0.39, 0.29) is 24.5 Å². The van der Waals surface area contributed by atoms with Gasteiger partial charge in [-0.2, -0.15) is 0 Å². The van der Waals surface area contributed by atoms with Gasteiger partial charge < -0.3 is 0 Å². The second kappa shape index (κ2) is 9.10. The first-order valence-corrected chi connectivity index (χ1v) is 10.3. The van der Waals surface area contributed by atoms with Gasteiger partial charge in [-0.25, -0.2) is 4.39 Å². The van der Waals surface area contributed by atoms with Crippen LogP contribution in [0, 0.1) is 11.7 Å². The Morgan fingerprint density at radius 1 is 1.14 bits per heavy atom. The SMILES string of the molecule is CC[C@H]1CCc2sc(C(=O)NNC(=O)CCC(=O)c3ccc(F)cc3)cc2C1. The largest absolute Gasteiger partial charge is 0.294 e. The quantitative estimate of drug-likeness (QED) is 0.570. The highest BCUT2D eigenvalue weighted by Crippen LogP contribution is 2.33. The second-order valence-electron chi connectivity index (χ2n) is 7.01. The summed E-state index contributed by atoms with van der Waals surface area (Å²) in [5.41, 5.74) is 6.36. The number of hydrazine groups is 1. The van der Waals surface area contributed by atoms with Gasteiger partial charge in [-0.05, 0) is 61.1 Å². The molecule has 1 atom stereocenters. The fourth-order valence-corrected chi connectivity index (χ4v) is 4.42. The van der Waals surface area contributed by atoms with Gasteiger partial charge in [-0.3, -0.25) is 25.2 Å². The Labute approximate surface area is 167 Å². The standard InChI is InChI=1S/C21H23FN2O3S/c1-2-13-3-9-18-15(11-13)12-19(28-18)21(27)24-23-20(26)10-8-17(25)14-4-6-16(22)7-5-14/h4-7,12-13H,2-3,8-11H2,1H3,(H,23,26)(H,24,27)/t13-/m0/s1. The maximum atomic E-state index is 12.9. The topological polar surface area (TPSA) is 75.3 Å². The van der Waals surface area contributed by atoms with Crippen molar-refractivity contribution in [1.29, 1.82) is 0 Å². The lowest BCUT2D eigenvalue weighted by Crippen LogP contribution is -2.41. The van der Waals surface area contributed by atoms with Crippen molar-refractivity contribution in [2.75, 3.05) is 0 Å². The zero-order chi connectivity index (χ0) is 20.1. The number of ketones is 1. The van der Waals surface area contributed by atoms with Crippen LogP contribution in [0.4, 0.5) is 4.39 Å². The molecule has 1 aromatic carbocycles. The minimum absolute atomic E-state index is 0.0148. The minimum atomic E-state index is -0.448. The van der Waals surface area contributed by atoms with Gasteiger partial charge in [0.1, 0.15) is 5.82 Å². The summed E-state index contributed by atoms with van der Waals surface area (Å²) in [7, 11) is 0. The first kappa shape index (κ1) is 20.2. The normalized spacial score (nSPS) is 15.6. The van der Waals surface area contributed by atoms with Crippen molar-refractivity contribution in [1.82, 2.24) is 10.9 Å². The molecule has 0 spiro atoms. The number of aryl methyl sites for hydroxylation is 1. The number of rotatable bonds is 6. The molecule has 1 aromatic heterocycles. The number of halogens is 1. The Hall–Kier alpha value is -2.54. The highest BCUT2D eigenvalue weighted by molar-refractivity contribution is 7.14. The average molecular weight is 402 g/mol. The van der Waals surface area contributed by atoms with Gasteiger partial charge in [0.05, 0.1) is 4.88 Å². The van der Waals surface area contributed by atoms with E-state index in [0.717, 1.165) is 25.7 Å². The third-order valence-electron chi connectivity index (χ3n) is 5.05. The Morgan fingerprint density at radius 2 is 1.89 bits per heavy atom. The highest BCUT2D eigenvalue weighted by atomic mass is 32.1. The summed E-state index contributed by atoms with van der Waals surface area (Å²) in [5, 5.41) is 0. The van der Waals surface area contributed by atoms with Crippen molar-refractivity contribution in [3.8, 4) is 0 Å². The molecule has 5 nitrogen and oxygen atoms in total. The lowest BCUT2D eigenvalue weighted by Gasteiger charge is -2.19. The lowest BCUT2D eigenvalue weighted by atomic mass is 9.87. The Morgan fingerprint density at radius 3 is 2.61 bits per heavy atom. The van der Waals surface area contributed by atoms with Crippen molar-refractivity contribution in [3.05, 3.63) is 57.0 Å². The number of fused-ring (bicyclic) bond motifs is 1. The summed E-state index contributed by atoms with van der Waals surface area (Å²) in [5.74, 6) is -0.784. The zero-order valence-electron chi connectivity index (χ0n) is 15.7. The summed E-state index contributed by atoms with van der Waals surface area (Å²) in [6, 6.07) is 7.10. The number of hydrogen-bond donors (Lipinski definition) is 2. The van der Waals surface area contributed by atoms with Crippen LogP contribution in [0.25, 0.3) is 0 Å². The molecule has 0 saturated heterocycles. The molecule has 0 bridgehead atoms. The second-order valence-corrected chi connectivity index (χ2v) is 8.15. The van der Waals surface area contributed by atoms with E-state index in [9.17, 15) is 18.8 Å². The highest BCUT2D eigenvalue weighted by Gasteiger charge is 2.22. The summed E-state index contributed by atoms with van der Waals surface area (Å²) in [6.45, 7) is 2.19. The predicted octanol–water partition coefficient (Wildman–Crippen LogP) is 3.83. The van der Waals surface area contributed by atoms with E-state index in [4.69, 9.17) is 0 Å². The first-order valence-electron chi connectivity index (χ1n) is 9.45. The predicted molar refractivity (Wildman–Crippen MR) is 106 cm³/mol. The molecule has 2 amide bonds. The van der Waals surface area contributed by atoms with Crippen LogP contribution in [0.15, 0.2) is 30.3 Å². The number of amides is 2. The van der Waals surface area contributed by atoms with Gasteiger partial charge >= 0.3 is 0 Å². The maximum Gasteiger partial charge on any atom is 0.279 e. The molecular weight excluding hydrogens is 379 g/mol. The molecule has 28 heavy (non-hydrogen) atoms. The number of nitrogens with one attached hydrogen (secondary N) is 2. The number of carbonyl (C=O) groups is 3. The van der Waals surface area contributed by atoms with Crippen LogP contribution in [0.2, 0.25) is 0 Å². The number of hydrogen-bond acceptors (Lipinski definition) is 4. The average Bonchev–Trinajstić information content (AvgIpc) is 3.14. The van der Waals surface area contributed by atoms with Crippen molar-refractivity contribution < 1.29 is 18.8 Å². The van der Waals surface area contributed by atoms with E-state index in [0.29, 0.717) is 16.4 Å². The van der Waals surface area contributed by atoms with Crippen molar-refractivity contribution in [3.63, 3.8) is 0 Å². The minimum Gasteiger partial charge on any atom is -0.294 e. The fourth-order valence-electron chi connectivity index (χ4n) is 3.32.